The molecule has 0 aliphatic heterocycles. The summed E-state index contributed by atoms with van der Waals surface area (Å²) in [5.41, 5.74) is 2.08. The molecule has 0 aliphatic rings. The summed E-state index contributed by atoms with van der Waals surface area (Å²) >= 11 is 1.46. The number of ether oxygens (including phenoxy) is 2. The summed E-state index contributed by atoms with van der Waals surface area (Å²) in [5.74, 6) is -0.0799. The van der Waals surface area contributed by atoms with E-state index in [1.54, 1.807) is 17.6 Å². The molecule has 0 aliphatic carbocycles. The molecule has 0 saturated carbocycles. The average Bonchev–Trinajstić information content (AvgIpc) is 3.33. The van der Waals surface area contributed by atoms with Crippen LogP contribution in [0.15, 0.2) is 53.4 Å². The first-order valence-corrected chi connectivity index (χ1v) is 10.6. The Labute approximate surface area is 191 Å². The number of hydrogen-bond donors (Lipinski definition) is 2. The SMILES string of the molecule is COc1cc(C(=O)NCCNC(=O)c2ccc(C(F)(F)F)cc2)ccc1OCc1cscn1. The highest BCUT2D eigenvalue weighted by Gasteiger charge is 2.30. The molecular formula is C22H20F3N3O4S. The third-order valence-corrected chi connectivity index (χ3v) is 5.09. The third kappa shape index (κ3) is 6.69. The topological polar surface area (TPSA) is 89.6 Å². The second kappa shape index (κ2) is 10.8. The van der Waals surface area contributed by atoms with Crippen LogP contribution in [0, 0.1) is 0 Å². The lowest BCUT2D eigenvalue weighted by Crippen LogP contribution is -2.34. The van der Waals surface area contributed by atoms with Gasteiger partial charge in [-0.15, -0.1) is 11.3 Å². The molecule has 3 aromatic rings. The molecule has 7 nitrogen and oxygen atoms in total. The number of rotatable bonds is 9. The number of carbonyl (C=O) groups excluding carboxylic acids is 2. The third-order valence-electron chi connectivity index (χ3n) is 4.46. The molecule has 33 heavy (non-hydrogen) atoms. The van der Waals surface area contributed by atoms with Crippen LogP contribution >= 0.6 is 11.3 Å². The normalized spacial score (nSPS) is 11.0. The van der Waals surface area contributed by atoms with Crippen LogP contribution in [0.5, 0.6) is 11.5 Å². The summed E-state index contributed by atoms with van der Waals surface area (Å²) in [7, 11) is 1.46. The predicted octanol–water partition coefficient (Wildman–Crippen LogP) is 3.91. The van der Waals surface area contributed by atoms with Crippen molar-refractivity contribution in [3.8, 4) is 11.5 Å². The largest absolute Gasteiger partial charge is 0.493 e. The lowest BCUT2D eigenvalue weighted by molar-refractivity contribution is -0.137. The second-order valence-electron chi connectivity index (χ2n) is 6.72. The number of alkyl halides is 3. The van der Waals surface area contributed by atoms with Crippen molar-refractivity contribution in [3.05, 3.63) is 75.7 Å². The van der Waals surface area contributed by atoms with Gasteiger partial charge in [-0.3, -0.25) is 9.59 Å². The molecule has 0 unspecified atom stereocenters. The monoisotopic (exact) mass is 479 g/mol. The van der Waals surface area contributed by atoms with Gasteiger partial charge in [-0.05, 0) is 42.5 Å². The van der Waals surface area contributed by atoms with Crippen molar-refractivity contribution < 1.29 is 32.2 Å². The molecule has 0 radical (unpaired) electrons. The van der Waals surface area contributed by atoms with Crippen LogP contribution in [0.2, 0.25) is 0 Å². The Morgan fingerprint density at radius 1 is 0.970 bits per heavy atom. The van der Waals surface area contributed by atoms with Gasteiger partial charge in [0.15, 0.2) is 11.5 Å². The summed E-state index contributed by atoms with van der Waals surface area (Å²) in [5, 5.41) is 7.06. The van der Waals surface area contributed by atoms with E-state index < -0.39 is 17.6 Å². The van der Waals surface area contributed by atoms with Crippen molar-refractivity contribution >= 4 is 23.2 Å². The number of carbonyl (C=O) groups is 2. The lowest BCUT2D eigenvalue weighted by Gasteiger charge is -2.12. The fourth-order valence-corrected chi connectivity index (χ4v) is 3.30. The molecule has 0 spiro atoms. The minimum absolute atomic E-state index is 0.0901. The van der Waals surface area contributed by atoms with Crippen LogP contribution in [0.25, 0.3) is 0 Å². The molecule has 1 aromatic heterocycles. The van der Waals surface area contributed by atoms with E-state index in [1.807, 2.05) is 5.38 Å². The van der Waals surface area contributed by atoms with Gasteiger partial charge in [-0.1, -0.05) is 0 Å². The van der Waals surface area contributed by atoms with Crippen LogP contribution in [0.3, 0.4) is 0 Å². The molecule has 0 bridgehead atoms. The van der Waals surface area contributed by atoms with Gasteiger partial charge in [0.25, 0.3) is 11.8 Å². The fraction of sp³-hybridized carbons (Fsp3) is 0.227. The summed E-state index contributed by atoms with van der Waals surface area (Å²) in [6, 6.07) is 8.61. The molecule has 0 saturated heterocycles. The van der Waals surface area contributed by atoms with Crippen LogP contribution in [0.4, 0.5) is 13.2 Å². The molecule has 2 aromatic carbocycles. The molecule has 11 heteroatoms. The molecular weight excluding hydrogens is 459 g/mol. The van der Waals surface area contributed by atoms with Crippen LogP contribution < -0.4 is 20.1 Å². The molecule has 2 amide bonds. The molecule has 2 N–H and O–H groups in total. The zero-order valence-electron chi connectivity index (χ0n) is 17.4. The van der Waals surface area contributed by atoms with Crippen LogP contribution in [-0.4, -0.2) is 37.0 Å². The Bertz CT molecular complexity index is 1090. The number of methoxy groups -OCH3 is 1. The van der Waals surface area contributed by atoms with Crippen molar-refractivity contribution in [2.75, 3.05) is 20.2 Å². The summed E-state index contributed by atoms with van der Waals surface area (Å²) in [6.45, 7) is 0.483. The van der Waals surface area contributed by atoms with Gasteiger partial charge in [-0.2, -0.15) is 13.2 Å². The number of amides is 2. The van der Waals surface area contributed by atoms with Crippen LogP contribution in [0.1, 0.15) is 32.0 Å². The van der Waals surface area contributed by atoms with Crippen molar-refractivity contribution in [2.45, 2.75) is 12.8 Å². The minimum Gasteiger partial charge on any atom is -0.493 e. The fourth-order valence-electron chi connectivity index (χ4n) is 2.76. The van der Waals surface area contributed by atoms with Crippen molar-refractivity contribution in [3.63, 3.8) is 0 Å². The Balaban J connectivity index is 1.47. The zero-order valence-corrected chi connectivity index (χ0v) is 18.3. The van der Waals surface area contributed by atoms with Crippen molar-refractivity contribution in [1.82, 2.24) is 15.6 Å². The number of aromatic nitrogens is 1. The summed E-state index contributed by atoms with van der Waals surface area (Å²) in [6.07, 6.45) is -4.46. The van der Waals surface area contributed by atoms with Gasteiger partial charge in [0.2, 0.25) is 0 Å². The number of benzene rings is 2. The van der Waals surface area contributed by atoms with Crippen LogP contribution in [-0.2, 0) is 12.8 Å². The highest BCUT2D eigenvalue weighted by Crippen LogP contribution is 2.29. The zero-order chi connectivity index (χ0) is 23.8. The van der Waals surface area contributed by atoms with Gasteiger partial charge in [-0.25, -0.2) is 4.98 Å². The number of halogens is 3. The number of hydrogen-bond acceptors (Lipinski definition) is 6. The first-order chi connectivity index (χ1) is 15.8. The Kier molecular flexibility index (Phi) is 7.88. The van der Waals surface area contributed by atoms with E-state index in [9.17, 15) is 22.8 Å². The van der Waals surface area contributed by atoms with Gasteiger partial charge in [0, 0.05) is 29.6 Å². The van der Waals surface area contributed by atoms with Gasteiger partial charge < -0.3 is 20.1 Å². The quantitative estimate of drug-likeness (QED) is 0.455. The Hall–Kier alpha value is -3.60. The maximum absolute atomic E-state index is 12.6. The smallest absolute Gasteiger partial charge is 0.416 e. The van der Waals surface area contributed by atoms with Crippen molar-refractivity contribution in [2.24, 2.45) is 0 Å². The van der Waals surface area contributed by atoms with Gasteiger partial charge in [0.05, 0.1) is 23.9 Å². The van der Waals surface area contributed by atoms with E-state index in [0.717, 1.165) is 30.0 Å². The lowest BCUT2D eigenvalue weighted by atomic mass is 10.1. The molecule has 0 atom stereocenters. The van der Waals surface area contributed by atoms with E-state index >= 15 is 0 Å². The summed E-state index contributed by atoms with van der Waals surface area (Å²) < 4.78 is 48.7. The van der Waals surface area contributed by atoms with E-state index in [-0.39, 0.29) is 31.2 Å². The molecule has 0 fully saturated rings. The highest BCUT2D eigenvalue weighted by atomic mass is 32.1. The van der Waals surface area contributed by atoms with E-state index in [2.05, 4.69) is 15.6 Å². The maximum atomic E-state index is 12.6. The number of nitrogens with one attached hydrogen (secondary N) is 2. The van der Waals surface area contributed by atoms with E-state index in [0.29, 0.717) is 17.1 Å². The summed E-state index contributed by atoms with van der Waals surface area (Å²) in [4.78, 5) is 28.6. The molecule has 3 rings (SSSR count). The first kappa shape index (κ1) is 24.1. The Morgan fingerprint density at radius 2 is 1.61 bits per heavy atom. The molecule has 174 valence electrons. The predicted molar refractivity (Wildman–Crippen MR) is 116 cm³/mol. The van der Waals surface area contributed by atoms with Gasteiger partial charge >= 0.3 is 6.18 Å². The molecule has 1 heterocycles. The highest BCUT2D eigenvalue weighted by molar-refractivity contribution is 7.07. The second-order valence-corrected chi connectivity index (χ2v) is 7.44. The number of nitrogens with zero attached hydrogens (tertiary/aromatic N) is 1. The number of thiazole rings is 1. The first-order valence-electron chi connectivity index (χ1n) is 9.69. The maximum Gasteiger partial charge on any atom is 0.416 e. The van der Waals surface area contributed by atoms with Crippen molar-refractivity contribution in [1.29, 1.82) is 0 Å². The minimum atomic E-state index is -4.46. The average molecular weight is 479 g/mol. The van der Waals surface area contributed by atoms with Gasteiger partial charge in [0.1, 0.15) is 6.61 Å². The standard InChI is InChI=1S/C22H20F3N3O4S/c1-31-19-10-15(4-7-18(19)32-11-17-12-33-13-28-17)21(30)27-9-8-26-20(29)14-2-5-16(6-3-14)22(23,24)25/h2-7,10,12-13H,8-9,11H2,1H3,(H,26,29)(H,27,30). The Morgan fingerprint density at radius 3 is 2.18 bits per heavy atom. The van der Waals surface area contributed by atoms with E-state index in [1.165, 1.54) is 24.5 Å². The van der Waals surface area contributed by atoms with E-state index in [4.69, 9.17) is 9.47 Å².